The molecular formula is C13H22N5O7P. The second-order valence-corrected chi connectivity index (χ2v) is 6.86. The third kappa shape index (κ3) is 5.51. The van der Waals surface area contributed by atoms with Gasteiger partial charge in [0.1, 0.15) is 18.0 Å². The Hall–Kier alpha value is -1.98. The fourth-order valence-corrected chi connectivity index (χ4v) is 3.17. The number of ether oxygens (including phenoxy) is 1. The number of carbonyl (C=O) groups is 1. The number of phosphoric ester groups is 1. The van der Waals surface area contributed by atoms with E-state index in [4.69, 9.17) is 19.5 Å². The molecule has 0 amide bonds. The van der Waals surface area contributed by atoms with Gasteiger partial charge in [0.2, 0.25) is 5.95 Å². The first kappa shape index (κ1) is 20.3. The molecule has 146 valence electrons. The van der Waals surface area contributed by atoms with Crippen molar-refractivity contribution < 1.29 is 28.0 Å². The second kappa shape index (κ2) is 8.60. The summed E-state index contributed by atoms with van der Waals surface area (Å²) < 4.78 is 27.0. The zero-order valence-electron chi connectivity index (χ0n) is 14.4. The molecule has 0 radical (unpaired) electrons. The molecule has 1 aliphatic rings. The first-order valence-electron chi connectivity index (χ1n) is 7.92. The number of aromatic nitrogens is 2. The molecule has 3 atom stereocenters. The SMILES string of the molecule is CC[C@@H]1OP(=O)(O)OCCO[C@H](C)Nc2nc(N)[nH]c(=O)c2NCC1=O. The van der Waals surface area contributed by atoms with Crippen LogP contribution in [0.1, 0.15) is 20.3 Å². The van der Waals surface area contributed by atoms with Crippen molar-refractivity contribution in [1.82, 2.24) is 9.97 Å². The molecule has 0 fully saturated rings. The average molecular weight is 391 g/mol. The van der Waals surface area contributed by atoms with Gasteiger partial charge in [-0.25, -0.2) is 4.57 Å². The van der Waals surface area contributed by atoms with Crippen LogP contribution >= 0.6 is 7.82 Å². The Labute approximate surface area is 149 Å². The van der Waals surface area contributed by atoms with Crippen molar-refractivity contribution >= 4 is 31.1 Å². The number of nitrogen functional groups attached to an aromatic ring is 1. The van der Waals surface area contributed by atoms with Gasteiger partial charge >= 0.3 is 7.82 Å². The van der Waals surface area contributed by atoms with E-state index in [0.717, 1.165) is 0 Å². The van der Waals surface area contributed by atoms with Gasteiger partial charge in [0.15, 0.2) is 11.6 Å². The first-order chi connectivity index (χ1) is 12.2. The number of hydrogen-bond acceptors (Lipinski definition) is 10. The minimum atomic E-state index is -4.42. The number of nitrogens with zero attached hydrogens (tertiary/aromatic N) is 1. The van der Waals surface area contributed by atoms with Crippen LogP contribution in [0.4, 0.5) is 17.5 Å². The Morgan fingerprint density at radius 1 is 1.38 bits per heavy atom. The maximum atomic E-state index is 12.3. The fraction of sp³-hybridized carbons (Fsp3) is 0.615. The quantitative estimate of drug-likeness (QED) is 0.408. The van der Waals surface area contributed by atoms with Gasteiger partial charge < -0.3 is 26.0 Å². The van der Waals surface area contributed by atoms with Crippen LogP contribution < -0.4 is 21.9 Å². The van der Waals surface area contributed by atoms with Gasteiger partial charge in [0.25, 0.3) is 5.56 Å². The average Bonchev–Trinajstić information content (AvgIpc) is 2.55. The van der Waals surface area contributed by atoms with Crippen molar-refractivity contribution in [2.75, 3.05) is 36.1 Å². The molecule has 2 heterocycles. The third-order valence-electron chi connectivity index (χ3n) is 3.41. The lowest BCUT2D eigenvalue weighted by Crippen LogP contribution is -2.32. The third-order valence-corrected chi connectivity index (χ3v) is 4.44. The number of hydrogen-bond donors (Lipinski definition) is 5. The maximum absolute atomic E-state index is 12.3. The molecular weight excluding hydrogens is 369 g/mol. The van der Waals surface area contributed by atoms with E-state index in [1.165, 1.54) is 0 Å². The number of nitrogens with two attached hydrogens (primary N) is 1. The number of phosphoric acid groups is 1. The molecule has 1 aromatic rings. The van der Waals surface area contributed by atoms with Crippen molar-refractivity contribution in [3.63, 3.8) is 0 Å². The van der Waals surface area contributed by atoms with Crippen molar-refractivity contribution in [2.45, 2.75) is 32.6 Å². The predicted molar refractivity (Wildman–Crippen MR) is 92.7 cm³/mol. The minimum Gasteiger partial charge on any atom is -0.370 e. The summed E-state index contributed by atoms with van der Waals surface area (Å²) in [5, 5.41) is 5.48. The topological polar surface area (TPSA) is 178 Å². The number of Topliss-reactive ketones (excluding diaryl/α,β-unsaturated/α-hetero) is 1. The molecule has 0 aromatic carbocycles. The van der Waals surface area contributed by atoms with E-state index < -0.39 is 31.5 Å². The Kier molecular flexibility index (Phi) is 6.73. The van der Waals surface area contributed by atoms with Crippen LogP contribution in [0.25, 0.3) is 0 Å². The molecule has 1 aromatic heterocycles. The number of aromatic amines is 1. The summed E-state index contributed by atoms with van der Waals surface area (Å²) >= 11 is 0. The van der Waals surface area contributed by atoms with E-state index >= 15 is 0 Å². The highest BCUT2D eigenvalue weighted by molar-refractivity contribution is 7.47. The normalized spacial score (nSPS) is 28.3. The highest BCUT2D eigenvalue weighted by Gasteiger charge is 2.30. The van der Waals surface area contributed by atoms with E-state index in [2.05, 4.69) is 20.6 Å². The molecule has 12 nitrogen and oxygen atoms in total. The summed E-state index contributed by atoms with van der Waals surface area (Å²) in [7, 11) is -4.42. The zero-order valence-corrected chi connectivity index (χ0v) is 15.2. The van der Waals surface area contributed by atoms with Crippen molar-refractivity contribution in [3.8, 4) is 0 Å². The molecule has 26 heavy (non-hydrogen) atoms. The Balaban J connectivity index is 2.31. The van der Waals surface area contributed by atoms with E-state index in [1.54, 1.807) is 13.8 Å². The maximum Gasteiger partial charge on any atom is 0.472 e. The van der Waals surface area contributed by atoms with Crippen molar-refractivity contribution in [1.29, 1.82) is 0 Å². The lowest BCUT2D eigenvalue weighted by Gasteiger charge is -2.22. The minimum absolute atomic E-state index is 0.0154. The van der Waals surface area contributed by atoms with Crippen LogP contribution in [0.15, 0.2) is 4.79 Å². The molecule has 0 saturated heterocycles. The summed E-state index contributed by atoms with van der Waals surface area (Å²) in [6.07, 6.45) is -1.67. The number of ketones is 1. The number of fused-ring (bicyclic) bond motifs is 1. The first-order valence-corrected chi connectivity index (χ1v) is 9.41. The number of rotatable bonds is 1. The standard InChI is InChI=1S/C13H22N5O7P/c1-3-9-8(19)6-15-10-11(17-13(14)18-12(10)20)16-7(2)23-4-5-24-26(21,22)25-9/h7,9,15H,3-6H2,1-2H3,(H,21,22)(H4,14,16,17,18,20)/t7-,9+/m1/s1. The van der Waals surface area contributed by atoms with Gasteiger partial charge in [-0.2, -0.15) is 4.98 Å². The van der Waals surface area contributed by atoms with Crippen LogP contribution in [0.5, 0.6) is 0 Å². The van der Waals surface area contributed by atoms with Crippen LogP contribution in [-0.4, -0.2) is 52.7 Å². The van der Waals surface area contributed by atoms with E-state index in [0.29, 0.717) is 0 Å². The van der Waals surface area contributed by atoms with Crippen LogP contribution in [0, 0.1) is 0 Å². The summed E-state index contributed by atoms with van der Waals surface area (Å²) in [4.78, 5) is 40.4. The lowest BCUT2D eigenvalue weighted by atomic mass is 10.2. The monoisotopic (exact) mass is 391 g/mol. The van der Waals surface area contributed by atoms with E-state index in [9.17, 15) is 19.0 Å². The predicted octanol–water partition coefficient (Wildman–Crippen LogP) is 0.0334. The molecule has 0 spiro atoms. The highest BCUT2D eigenvalue weighted by Crippen LogP contribution is 2.45. The van der Waals surface area contributed by atoms with Gasteiger partial charge in [-0.15, -0.1) is 0 Å². The second-order valence-electron chi connectivity index (χ2n) is 5.46. The number of nitrogens with one attached hydrogen (secondary N) is 3. The summed E-state index contributed by atoms with van der Waals surface area (Å²) in [6.45, 7) is 2.62. The number of H-pyrrole nitrogens is 1. The Bertz CT molecular complexity index is 755. The van der Waals surface area contributed by atoms with E-state index in [-0.39, 0.29) is 43.6 Å². The summed E-state index contributed by atoms with van der Waals surface area (Å²) in [5.74, 6) is -0.540. The smallest absolute Gasteiger partial charge is 0.370 e. The van der Waals surface area contributed by atoms with Crippen molar-refractivity contribution in [3.05, 3.63) is 10.4 Å². The molecule has 0 saturated carbocycles. The molecule has 13 heteroatoms. The Morgan fingerprint density at radius 3 is 2.81 bits per heavy atom. The zero-order chi connectivity index (χ0) is 19.3. The van der Waals surface area contributed by atoms with Gasteiger partial charge in [-0.3, -0.25) is 23.6 Å². The van der Waals surface area contributed by atoms with Gasteiger partial charge in [-0.05, 0) is 13.3 Å². The summed E-state index contributed by atoms with van der Waals surface area (Å²) in [6, 6.07) is 0. The molecule has 6 N–H and O–H groups in total. The number of anilines is 3. The highest BCUT2D eigenvalue weighted by atomic mass is 31.2. The van der Waals surface area contributed by atoms with Gasteiger partial charge in [0.05, 0.1) is 19.8 Å². The fourth-order valence-electron chi connectivity index (χ4n) is 2.21. The molecule has 0 bridgehead atoms. The van der Waals surface area contributed by atoms with Crippen LogP contribution in [0.2, 0.25) is 0 Å². The molecule has 2 rings (SSSR count). The lowest BCUT2D eigenvalue weighted by molar-refractivity contribution is -0.125. The number of carbonyl (C=O) groups excluding carboxylic acids is 1. The van der Waals surface area contributed by atoms with E-state index in [1.807, 2.05) is 0 Å². The summed E-state index contributed by atoms with van der Waals surface area (Å²) in [5.41, 5.74) is 4.95. The largest absolute Gasteiger partial charge is 0.472 e. The van der Waals surface area contributed by atoms with Gasteiger partial charge in [-0.1, -0.05) is 6.92 Å². The van der Waals surface area contributed by atoms with Crippen LogP contribution in [0.3, 0.4) is 0 Å². The molecule has 0 aliphatic carbocycles. The van der Waals surface area contributed by atoms with Gasteiger partial charge in [0, 0.05) is 0 Å². The molecule has 1 aliphatic heterocycles. The van der Waals surface area contributed by atoms with Crippen LogP contribution in [-0.2, 0) is 23.1 Å². The molecule has 1 unspecified atom stereocenters. The Morgan fingerprint density at radius 2 is 2.12 bits per heavy atom. The van der Waals surface area contributed by atoms with Crippen molar-refractivity contribution in [2.24, 2.45) is 0 Å².